The molecule has 1 aliphatic heterocycles. The maximum atomic E-state index is 12.3. The highest BCUT2D eigenvalue weighted by atomic mass is 32.1. The lowest BCUT2D eigenvalue weighted by atomic mass is 10.0. The molecule has 2 aromatic heterocycles. The predicted molar refractivity (Wildman–Crippen MR) is 103 cm³/mol. The van der Waals surface area contributed by atoms with Crippen LogP contribution in [-0.4, -0.2) is 39.8 Å². The van der Waals surface area contributed by atoms with Crippen LogP contribution < -0.4 is 15.8 Å². The van der Waals surface area contributed by atoms with E-state index >= 15 is 0 Å². The van der Waals surface area contributed by atoms with E-state index in [-0.39, 0.29) is 23.6 Å². The van der Waals surface area contributed by atoms with Crippen LogP contribution in [0.25, 0.3) is 0 Å². The molecule has 8 heteroatoms. The summed E-state index contributed by atoms with van der Waals surface area (Å²) >= 11 is 1.47. The highest BCUT2D eigenvalue weighted by Gasteiger charge is 2.25. The molecule has 3 rings (SSSR count). The SMILES string of the molecule is Cc1nc(C(=O)NCC2CCCCN2c2ccc(=O)n(C(C)C)n2)cs1. The molecule has 1 unspecified atom stereocenters. The summed E-state index contributed by atoms with van der Waals surface area (Å²) in [5.41, 5.74) is 0.380. The van der Waals surface area contributed by atoms with Crippen molar-refractivity contribution in [2.24, 2.45) is 0 Å². The molecule has 0 aliphatic carbocycles. The molecule has 26 heavy (non-hydrogen) atoms. The zero-order valence-electron chi connectivity index (χ0n) is 15.4. The maximum absolute atomic E-state index is 12.3. The topological polar surface area (TPSA) is 80.1 Å². The minimum atomic E-state index is -0.139. The van der Waals surface area contributed by atoms with Crippen LogP contribution in [0, 0.1) is 6.92 Å². The Kier molecular flexibility index (Phi) is 5.70. The van der Waals surface area contributed by atoms with E-state index in [0.717, 1.165) is 36.6 Å². The first-order valence-electron chi connectivity index (χ1n) is 9.02. The number of amides is 1. The van der Waals surface area contributed by atoms with Crippen LogP contribution in [0.4, 0.5) is 5.82 Å². The number of hydrogen-bond donors (Lipinski definition) is 1. The minimum absolute atomic E-state index is 0.0123. The first-order chi connectivity index (χ1) is 12.5. The van der Waals surface area contributed by atoms with Gasteiger partial charge in [-0.3, -0.25) is 9.59 Å². The predicted octanol–water partition coefficient (Wildman–Crippen LogP) is 2.38. The average molecular weight is 375 g/mol. The standard InChI is InChI=1S/C18H25N5O2S/c1-12(2)23-17(24)8-7-16(21-23)22-9-5-4-6-14(22)10-19-18(25)15-11-26-13(3)20-15/h7-8,11-12,14H,4-6,9-10H2,1-3H3,(H,19,25). The maximum Gasteiger partial charge on any atom is 0.270 e. The van der Waals surface area contributed by atoms with Gasteiger partial charge in [0.05, 0.1) is 11.0 Å². The van der Waals surface area contributed by atoms with Crippen LogP contribution in [0.2, 0.25) is 0 Å². The lowest BCUT2D eigenvalue weighted by Gasteiger charge is -2.36. The first-order valence-corrected chi connectivity index (χ1v) is 9.90. The average Bonchev–Trinajstić information content (AvgIpc) is 3.07. The summed E-state index contributed by atoms with van der Waals surface area (Å²) in [5, 5.41) is 10.2. The van der Waals surface area contributed by atoms with Gasteiger partial charge in [0.15, 0.2) is 0 Å². The second-order valence-corrected chi connectivity index (χ2v) is 7.94. The number of anilines is 1. The molecule has 1 atom stereocenters. The van der Waals surface area contributed by atoms with Gasteiger partial charge in [-0.25, -0.2) is 9.67 Å². The monoisotopic (exact) mass is 375 g/mol. The Balaban J connectivity index is 1.73. The third-order valence-corrected chi connectivity index (χ3v) is 5.34. The van der Waals surface area contributed by atoms with Gasteiger partial charge in [-0.2, -0.15) is 5.10 Å². The largest absolute Gasteiger partial charge is 0.350 e. The molecule has 1 fully saturated rings. The van der Waals surface area contributed by atoms with E-state index < -0.39 is 0 Å². The van der Waals surface area contributed by atoms with Crippen molar-refractivity contribution in [2.45, 2.75) is 52.1 Å². The summed E-state index contributed by atoms with van der Waals surface area (Å²) in [6.45, 7) is 7.20. The van der Waals surface area contributed by atoms with Crippen molar-refractivity contribution >= 4 is 23.1 Å². The van der Waals surface area contributed by atoms with E-state index in [1.807, 2.05) is 20.8 Å². The molecular weight excluding hydrogens is 350 g/mol. The molecule has 1 N–H and O–H groups in total. The number of hydrogen-bond acceptors (Lipinski definition) is 6. The smallest absolute Gasteiger partial charge is 0.270 e. The quantitative estimate of drug-likeness (QED) is 0.868. The Morgan fingerprint density at radius 2 is 2.19 bits per heavy atom. The van der Waals surface area contributed by atoms with Crippen LogP contribution in [0.1, 0.15) is 54.6 Å². The van der Waals surface area contributed by atoms with Crippen LogP contribution in [0.15, 0.2) is 22.3 Å². The van der Waals surface area contributed by atoms with Crippen LogP contribution in [-0.2, 0) is 0 Å². The van der Waals surface area contributed by atoms with Gasteiger partial charge in [0.1, 0.15) is 11.5 Å². The normalized spacial score (nSPS) is 17.5. The van der Waals surface area contributed by atoms with Crippen molar-refractivity contribution in [1.82, 2.24) is 20.1 Å². The molecular formula is C18H25N5O2S. The van der Waals surface area contributed by atoms with Crippen LogP contribution >= 0.6 is 11.3 Å². The molecule has 0 bridgehead atoms. The summed E-state index contributed by atoms with van der Waals surface area (Å²) in [4.78, 5) is 30.7. The molecule has 3 heterocycles. The van der Waals surface area contributed by atoms with Gasteiger partial charge in [-0.15, -0.1) is 11.3 Å². The third-order valence-electron chi connectivity index (χ3n) is 4.57. The van der Waals surface area contributed by atoms with Gasteiger partial charge in [0.2, 0.25) is 0 Å². The van der Waals surface area contributed by atoms with Gasteiger partial charge in [-0.05, 0) is 46.1 Å². The van der Waals surface area contributed by atoms with Crippen molar-refractivity contribution in [2.75, 3.05) is 18.0 Å². The fraction of sp³-hybridized carbons (Fsp3) is 0.556. The molecule has 140 valence electrons. The number of piperidine rings is 1. The van der Waals surface area contributed by atoms with E-state index in [4.69, 9.17) is 0 Å². The van der Waals surface area contributed by atoms with Crippen molar-refractivity contribution in [1.29, 1.82) is 0 Å². The van der Waals surface area contributed by atoms with E-state index in [2.05, 4.69) is 20.3 Å². The van der Waals surface area contributed by atoms with E-state index in [1.54, 1.807) is 17.5 Å². The Morgan fingerprint density at radius 3 is 2.88 bits per heavy atom. The van der Waals surface area contributed by atoms with Crippen LogP contribution in [0.3, 0.4) is 0 Å². The molecule has 0 aromatic carbocycles. The minimum Gasteiger partial charge on any atom is -0.350 e. The zero-order chi connectivity index (χ0) is 18.7. The van der Waals surface area contributed by atoms with Crippen molar-refractivity contribution in [3.63, 3.8) is 0 Å². The molecule has 1 aliphatic rings. The number of carbonyl (C=O) groups is 1. The number of aryl methyl sites for hydroxylation is 1. The summed E-state index contributed by atoms with van der Waals surface area (Å²) in [6, 6.07) is 3.53. The van der Waals surface area contributed by atoms with E-state index in [9.17, 15) is 9.59 Å². The lowest BCUT2D eigenvalue weighted by molar-refractivity contribution is 0.0945. The number of rotatable bonds is 5. The van der Waals surface area contributed by atoms with Gasteiger partial charge in [0.25, 0.3) is 11.5 Å². The molecule has 0 saturated carbocycles. The zero-order valence-corrected chi connectivity index (χ0v) is 16.3. The number of carbonyl (C=O) groups excluding carboxylic acids is 1. The summed E-state index contributed by atoms with van der Waals surface area (Å²) in [7, 11) is 0. The number of aromatic nitrogens is 3. The second-order valence-electron chi connectivity index (χ2n) is 6.87. The Bertz CT molecular complexity index is 829. The highest BCUT2D eigenvalue weighted by Crippen LogP contribution is 2.22. The fourth-order valence-electron chi connectivity index (χ4n) is 3.22. The number of nitrogens with zero attached hydrogens (tertiary/aromatic N) is 4. The van der Waals surface area contributed by atoms with Crippen molar-refractivity contribution in [3.8, 4) is 0 Å². The second kappa shape index (κ2) is 7.99. The van der Waals surface area contributed by atoms with Gasteiger partial charge < -0.3 is 10.2 Å². The summed E-state index contributed by atoms with van der Waals surface area (Å²) in [6.07, 6.45) is 3.19. The molecule has 0 spiro atoms. The third kappa shape index (κ3) is 4.12. The molecule has 0 radical (unpaired) electrons. The van der Waals surface area contributed by atoms with Gasteiger partial charge in [0, 0.05) is 30.6 Å². The van der Waals surface area contributed by atoms with Gasteiger partial charge in [-0.1, -0.05) is 0 Å². The molecule has 7 nitrogen and oxygen atoms in total. The Morgan fingerprint density at radius 1 is 1.38 bits per heavy atom. The van der Waals surface area contributed by atoms with Gasteiger partial charge >= 0.3 is 0 Å². The van der Waals surface area contributed by atoms with Crippen LogP contribution in [0.5, 0.6) is 0 Å². The molecule has 1 saturated heterocycles. The lowest BCUT2D eigenvalue weighted by Crippen LogP contribution is -2.47. The highest BCUT2D eigenvalue weighted by molar-refractivity contribution is 7.09. The van der Waals surface area contributed by atoms with E-state index in [0.29, 0.717) is 12.2 Å². The Hall–Kier alpha value is -2.22. The molecule has 2 aromatic rings. The number of thiazole rings is 1. The molecule has 1 amide bonds. The summed E-state index contributed by atoms with van der Waals surface area (Å²) < 4.78 is 1.51. The summed E-state index contributed by atoms with van der Waals surface area (Å²) in [5.74, 6) is 0.654. The van der Waals surface area contributed by atoms with Crippen molar-refractivity contribution in [3.05, 3.63) is 38.6 Å². The van der Waals surface area contributed by atoms with Crippen molar-refractivity contribution < 1.29 is 4.79 Å². The fourth-order valence-corrected chi connectivity index (χ4v) is 3.81. The Labute approximate surface area is 157 Å². The number of nitrogens with one attached hydrogen (secondary N) is 1. The first kappa shape index (κ1) is 18.6. The van der Waals surface area contributed by atoms with E-state index in [1.165, 1.54) is 16.0 Å².